The second-order valence-corrected chi connectivity index (χ2v) is 16.3. The Hall–Kier alpha value is -4.58. The zero-order valence-corrected chi connectivity index (χ0v) is 32.1. The molecule has 0 aromatic heterocycles. The number of benzene rings is 4. The van der Waals surface area contributed by atoms with E-state index < -0.39 is 46.5 Å². The van der Waals surface area contributed by atoms with E-state index in [1.54, 1.807) is 31.2 Å². The van der Waals surface area contributed by atoms with Crippen molar-refractivity contribution in [1.29, 1.82) is 0 Å². The fourth-order valence-electron chi connectivity index (χ4n) is 5.48. The van der Waals surface area contributed by atoms with Crippen molar-refractivity contribution in [3.63, 3.8) is 0 Å². The lowest BCUT2D eigenvalue weighted by molar-refractivity contribution is -0.171. The first-order valence-electron chi connectivity index (χ1n) is 17.1. The number of hydroxylamine groups is 2. The van der Waals surface area contributed by atoms with Crippen LogP contribution in [0, 0.1) is 0 Å². The van der Waals surface area contributed by atoms with E-state index in [1.807, 2.05) is 81.4 Å². The lowest BCUT2D eigenvalue weighted by atomic mass is 9.84. The summed E-state index contributed by atoms with van der Waals surface area (Å²) < 4.78 is -0.917. The van der Waals surface area contributed by atoms with Crippen LogP contribution >= 0.6 is 23.5 Å². The number of hydrogen-bond acceptors (Lipinski definition) is 7. The minimum absolute atomic E-state index is 0.162. The van der Waals surface area contributed by atoms with Crippen LogP contribution in [0.2, 0.25) is 0 Å². The Morgan fingerprint density at radius 2 is 1.08 bits per heavy atom. The SMILES string of the molecule is CON(C)C(=O)[C@H](CSC(c1ccccc1)(c1ccccc1)c1ccccc1)NC(=O)[C@H](C)NC(=O)[C@H](CSC(C)(C)C)NC(=O)c1ccccc1. The van der Waals surface area contributed by atoms with E-state index >= 15 is 0 Å². The summed E-state index contributed by atoms with van der Waals surface area (Å²) in [5, 5.41) is 9.57. The van der Waals surface area contributed by atoms with Crippen LogP contribution in [0.5, 0.6) is 0 Å². The van der Waals surface area contributed by atoms with Crippen molar-refractivity contribution >= 4 is 47.2 Å². The molecular formula is C41H48N4O5S2. The van der Waals surface area contributed by atoms with Gasteiger partial charge in [-0.15, -0.1) is 11.8 Å². The molecule has 0 aliphatic heterocycles. The number of rotatable bonds is 16. The second kappa shape index (κ2) is 18.8. The maximum Gasteiger partial charge on any atom is 0.269 e. The third kappa shape index (κ3) is 10.7. The van der Waals surface area contributed by atoms with Crippen LogP contribution in [0.25, 0.3) is 0 Å². The molecule has 3 atom stereocenters. The van der Waals surface area contributed by atoms with Gasteiger partial charge in [0.05, 0.1) is 11.9 Å². The molecule has 11 heteroatoms. The molecule has 4 rings (SSSR count). The molecule has 4 aromatic rings. The highest BCUT2D eigenvalue weighted by Crippen LogP contribution is 2.48. The molecule has 3 N–H and O–H groups in total. The quantitative estimate of drug-likeness (QED) is 0.0947. The number of nitrogens with one attached hydrogen (secondary N) is 3. The Bertz CT molecular complexity index is 1660. The predicted octanol–water partition coefficient (Wildman–Crippen LogP) is 6.05. The average Bonchev–Trinajstić information content (AvgIpc) is 3.16. The molecule has 0 aliphatic rings. The molecule has 0 unspecified atom stereocenters. The Morgan fingerprint density at radius 1 is 0.635 bits per heavy atom. The van der Waals surface area contributed by atoms with Crippen LogP contribution in [-0.2, 0) is 24.0 Å². The molecule has 0 fully saturated rings. The first-order chi connectivity index (χ1) is 24.9. The van der Waals surface area contributed by atoms with E-state index in [2.05, 4.69) is 52.3 Å². The number of hydrogen-bond donors (Lipinski definition) is 3. The van der Waals surface area contributed by atoms with Gasteiger partial charge in [0.15, 0.2) is 0 Å². The molecule has 0 saturated carbocycles. The molecule has 0 aliphatic carbocycles. The van der Waals surface area contributed by atoms with Gasteiger partial charge in [-0.05, 0) is 35.7 Å². The van der Waals surface area contributed by atoms with E-state index in [-0.39, 0.29) is 10.5 Å². The van der Waals surface area contributed by atoms with Crippen molar-refractivity contribution in [2.24, 2.45) is 0 Å². The van der Waals surface area contributed by atoms with Gasteiger partial charge in [-0.2, -0.15) is 11.8 Å². The Kier molecular flexibility index (Phi) is 14.5. The van der Waals surface area contributed by atoms with Crippen molar-refractivity contribution in [2.45, 2.75) is 55.3 Å². The second-order valence-electron chi connectivity index (χ2n) is 13.2. The Labute approximate surface area is 315 Å². The van der Waals surface area contributed by atoms with E-state index in [9.17, 15) is 19.2 Å². The van der Waals surface area contributed by atoms with Gasteiger partial charge in [-0.1, -0.05) is 130 Å². The molecule has 0 saturated heterocycles. The topological polar surface area (TPSA) is 117 Å². The summed E-state index contributed by atoms with van der Waals surface area (Å²) in [5.74, 6) is -1.46. The predicted molar refractivity (Wildman–Crippen MR) is 211 cm³/mol. The number of likely N-dealkylation sites (N-methyl/N-ethyl adjacent to an activating group) is 1. The van der Waals surface area contributed by atoms with Crippen LogP contribution in [0.1, 0.15) is 54.7 Å². The maximum atomic E-state index is 13.8. The van der Waals surface area contributed by atoms with Gasteiger partial charge in [0.2, 0.25) is 11.8 Å². The summed E-state index contributed by atoms with van der Waals surface area (Å²) in [6.45, 7) is 7.62. The highest BCUT2D eigenvalue weighted by Gasteiger charge is 2.39. The van der Waals surface area contributed by atoms with E-state index in [0.29, 0.717) is 11.3 Å². The zero-order valence-electron chi connectivity index (χ0n) is 30.5. The summed E-state index contributed by atoms with van der Waals surface area (Å²) >= 11 is 3.05. The molecule has 4 amide bonds. The van der Waals surface area contributed by atoms with Crippen LogP contribution in [-0.4, -0.2) is 77.2 Å². The molecule has 274 valence electrons. The summed E-state index contributed by atoms with van der Waals surface area (Å²) in [4.78, 5) is 59.5. The maximum absolute atomic E-state index is 13.8. The summed E-state index contributed by atoms with van der Waals surface area (Å²) in [7, 11) is 2.87. The molecule has 9 nitrogen and oxygen atoms in total. The third-order valence-corrected chi connectivity index (χ3v) is 11.3. The number of amides is 4. The minimum Gasteiger partial charge on any atom is -0.343 e. The Morgan fingerprint density at radius 3 is 1.52 bits per heavy atom. The average molecular weight is 741 g/mol. The smallest absolute Gasteiger partial charge is 0.269 e. The largest absolute Gasteiger partial charge is 0.343 e. The molecule has 4 aromatic carbocycles. The van der Waals surface area contributed by atoms with Crippen LogP contribution in [0.15, 0.2) is 121 Å². The van der Waals surface area contributed by atoms with Gasteiger partial charge < -0.3 is 16.0 Å². The van der Waals surface area contributed by atoms with E-state index in [0.717, 1.165) is 21.8 Å². The van der Waals surface area contributed by atoms with Crippen molar-refractivity contribution in [2.75, 3.05) is 25.7 Å². The minimum atomic E-state index is -1.03. The molecule has 0 heterocycles. The van der Waals surface area contributed by atoms with Gasteiger partial charge in [-0.3, -0.25) is 24.0 Å². The zero-order chi connectivity index (χ0) is 37.7. The summed E-state index contributed by atoms with van der Waals surface area (Å²) in [5.41, 5.74) is 3.44. The first-order valence-corrected chi connectivity index (χ1v) is 19.1. The molecular weight excluding hydrogens is 693 g/mol. The van der Waals surface area contributed by atoms with Gasteiger partial charge in [0.1, 0.15) is 18.1 Å². The summed E-state index contributed by atoms with van der Waals surface area (Å²) in [6.07, 6.45) is 0. The standard InChI is InChI=1S/C41H48N4O5S2/c1-29(42-38(48)34(27-51-40(2,3)4)43-37(47)30-19-11-7-12-20-30)36(46)44-35(39(49)45(5)50-6)28-52-41(31-21-13-8-14-22-31,32-23-15-9-16-24-32)33-25-17-10-18-26-33/h7-26,29,34-35H,27-28H2,1-6H3,(H,42,48)(H,43,47)(H,44,46)/t29-,34-,35-/m0/s1. The lowest BCUT2D eigenvalue weighted by Gasteiger charge is -2.37. The van der Waals surface area contributed by atoms with Gasteiger partial charge in [0, 0.05) is 28.9 Å². The Balaban J connectivity index is 1.59. The number of carbonyl (C=O) groups excluding carboxylic acids is 4. The summed E-state index contributed by atoms with van der Waals surface area (Å²) in [6, 6.07) is 35.9. The number of thioether (sulfide) groups is 2. The fraction of sp³-hybridized carbons (Fsp3) is 0.317. The number of nitrogens with zero attached hydrogens (tertiary/aromatic N) is 1. The van der Waals surface area contributed by atoms with Crippen molar-refractivity contribution < 1.29 is 24.0 Å². The van der Waals surface area contributed by atoms with Crippen LogP contribution < -0.4 is 16.0 Å². The van der Waals surface area contributed by atoms with Crippen LogP contribution in [0.4, 0.5) is 0 Å². The van der Waals surface area contributed by atoms with Gasteiger partial charge in [0.25, 0.3) is 11.8 Å². The monoisotopic (exact) mass is 740 g/mol. The molecule has 52 heavy (non-hydrogen) atoms. The van der Waals surface area contributed by atoms with Crippen molar-refractivity contribution in [3.8, 4) is 0 Å². The van der Waals surface area contributed by atoms with E-state index in [4.69, 9.17) is 4.84 Å². The highest BCUT2D eigenvalue weighted by atomic mass is 32.2. The lowest BCUT2D eigenvalue weighted by Crippen LogP contribution is -2.57. The molecule has 0 radical (unpaired) electrons. The van der Waals surface area contributed by atoms with Crippen LogP contribution in [0.3, 0.4) is 0 Å². The third-order valence-electron chi connectivity index (χ3n) is 8.30. The molecule has 0 bridgehead atoms. The normalized spacial score (nSPS) is 13.3. The fourth-order valence-corrected chi connectivity index (χ4v) is 7.94. The highest BCUT2D eigenvalue weighted by molar-refractivity contribution is 8.00. The van der Waals surface area contributed by atoms with Crippen molar-refractivity contribution in [3.05, 3.63) is 144 Å². The van der Waals surface area contributed by atoms with Gasteiger partial charge in [-0.25, -0.2) is 5.06 Å². The molecule has 0 spiro atoms. The van der Waals surface area contributed by atoms with Crippen molar-refractivity contribution in [1.82, 2.24) is 21.0 Å². The van der Waals surface area contributed by atoms with Gasteiger partial charge >= 0.3 is 0 Å². The first kappa shape index (κ1) is 40.2. The van der Waals surface area contributed by atoms with E-state index in [1.165, 1.54) is 37.7 Å². The number of carbonyl (C=O) groups is 4.